The van der Waals surface area contributed by atoms with Gasteiger partial charge in [0.25, 0.3) is 0 Å². The van der Waals surface area contributed by atoms with E-state index in [9.17, 15) is 4.79 Å². The molecule has 1 aromatic carbocycles. The summed E-state index contributed by atoms with van der Waals surface area (Å²) in [6.45, 7) is 7.46. The van der Waals surface area contributed by atoms with Gasteiger partial charge in [-0.25, -0.2) is 4.99 Å². The van der Waals surface area contributed by atoms with Crippen LogP contribution in [0.25, 0.3) is 0 Å². The van der Waals surface area contributed by atoms with Crippen LogP contribution in [0.2, 0.25) is 0 Å². The summed E-state index contributed by atoms with van der Waals surface area (Å²) in [6.07, 6.45) is 2.15. The van der Waals surface area contributed by atoms with Crippen LogP contribution in [0.5, 0.6) is 0 Å². The van der Waals surface area contributed by atoms with Gasteiger partial charge in [-0.3, -0.25) is 4.79 Å². The number of guanidine groups is 1. The first kappa shape index (κ1) is 19.3. The summed E-state index contributed by atoms with van der Waals surface area (Å²) < 4.78 is 0. The summed E-state index contributed by atoms with van der Waals surface area (Å²) in [4.78, 5) is 20.4. The third kappa shape index (κ3) is 5.48. The highest BCUT2D eigenvalue weighted by molar-refractivity contribution is 5.84. The number of likely N-dealkylation sites (N-methyl/N-ethyl adjacent to an activating group) is 1. The summed E-state index contributed by atoms with van der Waals surface area (Å²) in [7, 11) is 3.54. The Kier molecular flexibility index (Phi) is 7.29. The van der Waals surface area contributed by atoms with E-state index in [0.29, 0.717) is 11.8 Å². The Morgan fingerprint density at radius 3 is 2.64 bits per heavy atom. The molecule has 1 heterocycles. The van der Waals surface area contributed by atoms with E-state index in [0.717, 1.165) is 38.4 Å². The molecule has 5 nitrogen and oxygen atoms in total. The lowest BCUT2D eigenvalue weighted by Gasteiger charge is -2.39. The molecule has 1 N–H and O–H groups in total. The van der Waals surface area contributed by atoms with Crippen LogP contribution >= 0.6 is 0 Å². The van der Waals surface area contributed by atoms with Crippen molar-refractivity contribution < 1.29 is 4.79 Å². The molecule has 2 unspecified atom stereocenters. The van der Waals surface area contributed by atoms with Crippen LogP contribution in [0.4, 0.5) is 0 Å². The number of hydrogen-bond donors (Lipinski definition) is 1. The lowest BCUT2D eigenvalue weighted by molar-refractivity contribution is -0.127. The van der Waals surface area contributed by atoms with Gasteiger partial charge in [-0.1, -0.05) is 44.2 Å². The van der Waals surface area contributed by atoms with E-state index < -0.39 is 0 Å². The normalized spacial score (nSPS) is 21.1. The van der Waals surface area contributed by atoms with Gasteiger partial charge in [0.2, 0.25) is 5.91 Å². The molecule has 0 radical (unpaired) electrons. The Morgan fingerprint density at radius 2 is 2.04 bits per heavy atom. The first-order valence-corrected chi connectivity index (χ1v) is 9.31. The van der Waals surface area contributed by atoms with Crippen molar-refractivity contribution in [3.8, 4) is 0 Å². The molecule has 2 atom stereocenters. The second-order valence-electron chi connectivity index (χ2n) is 7.08. The smallest absolute Gasteiger partial charge is 0.243 e. The van der Waals surface area contributed by atoms with Crippen LogP contribution in [-0.2, 0) is 4.79 Å². The van der Waals surface area contributed by atoms with Gasteiger partial charge in [0.05, 0.1) is 0 Å². The SMILES string of the molecule is CCCNC(=NCC(=O)N(C)C)N1CCC(c2ccccc2)C(C)C1. The van der Waals surface area contributed by atoms with Gasteiger partial charge in [-0.05, 0) is 30.2 Å². The number of amides is 1. The van der Waals surface area contributed by atoms with Crippen LogP contribution in [0.15, 0.2) is 35.3 Å². The average Bonchev–Trinajstić information content (AvgIpc) is 2.62. The number of hydrogen-bond acceptors (Lipinski definition) is 2. The zero-order valence-corrected chi connectivity index (χ0v) is 16.0. The summed E-state index contributed by atoms with van der Waals surface area (Å²) >= 11 is 0. The van der Waals surface area contributed by atoms with Gasteiger partial charge < -0.3 is 15.1 Å². The minimum atomic E-state index is 0.0306. The number of rotatable bonds is 5. The highest BCUT2D eigenvalue weighted by atomic mass is 16.2. The topological polar surface area (TPSA) is 47.9 Å². The van der Waals surface area contributed by atoms with E-state index in [4.69, 9.17) is 0 Å². The predicted molar refractivity (Wildman–Crippen MR) is 104 cm³/mol. The van der Waals surface area contributed by atoms with Crippen molar-refractivity contribution in [2.75, 3.05) is 40.3 Å². The van der Waals surface area contributed by atoms with Gasteiger partial charge in [0, 0.05) is 33.7 Å². The first-order valence-electron chi connectivity index (χ1n) is 9.31. The molecule has 0 aromatic heterocycles. The zero-order chi connectivity index (χ0) is 18.2. The molecule has 1 aliphatic heterocycles. The van der Waals surface area contributed by atoms with Gasteiger partial charge in [-0.15, -0.1) is 0 Å². The number of carbonyl (C=O) groups excluding carboxylic acids is 1. The molecule has 0 saturated carbocycles. The largest absolute Gasteiger partial charge is 0.356 e. The molecule has 1 saturated heterocycles. The predicted octanol–water partition coefficient (Wildman–Crippen LogP) is 2.56. The van der Waals surface area contributed by atoms with E-state index >= 15 is 0 Å². The summed E-state index contributed by atoms with van der Waals surface area (Å²) in [5.41, 5.74) is 1.43. The standard InChI is InChI=1S/C20H32N4O/c1-5-12-21-20(22-14-19(25)23(3)4)24-13-11-18(16(2)15-24)17-9-7-6-8-10-17/h6-10,16,18H,5,11-15H2,1-4H3,(H,21,22). The highest BCUT2D eigenvalue weighted by Gasteiger charge is 2.28. The van der Waals surface area contributed by atoms with E-state index in [-0.39, 0.29) is 12.5 Å². The van der Waals surface area contributed by atoms with Crippen LogP contribution in [0.1, 0.15) is 38.2 Å². The van der Waals surface area contributed by atoms with Crippen molar-refractivity contribution in [3.05, 3.63) is 35.9 Å². The molecule has 1 amide bonds. The van der Waals surface area contributed by atoms with Crippen molar-refractivity contribution in [1.29, 1.82) is 0 Å². The van der Waals surface area contributed by atoms with E-state index in [2.05, 4.69) is 59.4 Å². The van der Waals surface area contributed by atoms with Crippen molar-refractivity contribution in [2.24, 2.45) is 10.9 Å². The van der Waals surface area contributed by atoms with Crippen molar-refractivity contribution in [1.82, 2.24) is 15.1 Å². The van der Waals surface area contributed by atoms with Crippen LogP contribution in [0, 0.1) is 5.92 Å². The molecule has 0 aliphatic carbocycles. The van der Waals surface area contributed by atoms with Crippen molar-refractivity contribution in [3.63, 3.8) is 0 Å². The molecule has 1 aromatic rings. The summed E-state index contributed by atoms with van der Waals surface area (Å²) in [5.74, 6) is 2.04. The first-order chi connectivity index (χ1) is 12.0. The second-order valence-corrected chi connectivity index (χ2v) is 7.08. The number of piperidine rings is 1. The molecule has 138 valence electrons. The lowest BCUT2D eigenvalue weighted by Crippen LogP contribution is -2.48. The average molecular weight is 345 g/mol. The maximum Gasteiger partial charge on any atom is 0.243 e. The third-order valence-corrected chi connectivity index (χ3v) is 4.83. The van der Waals surface area contributed by atoms with Crippen molar-refractivity contribution in [2.45, 2.75) is 32.6 Å². The number of nitrogens with zero attached hydrogens (tertiary/aromatic N) is 3. The Bertz CT molecular complexity index is 570. The fourth-order valence-electron chi connectivity index (χ4n) is 3.32. The zero-order valence-electron chi connectivity index (χ0n) is 16.0. The van der Waals surface area contributed by atoms with Crippen LogP contribution in [-0.4, -0.2) is 61.9 Å². The molecule has 0 bridgehead atoms. The van der Waals surface area contributed by atoms with E-state index in [1.165, 1.54) is 5.56 Å². The van der Waals surface area contributed by atoms with Crippen LogP contribution < -0.4 is 5.32 Å². The van der Waals surface area contributed by atoms with Crippen molar-refractivity contribution >= 4 is 11.9 Å². The maximum absolute atomic E-state index is 11.9. The maximum atomic E-state index is 11.9. The molecule has 1 aliphatic rings. The third-order valence-electron chi connectivity index (χ3n) is 4.83. The molecule has 2 rings (SSSR count). The van der Waals surface area contributed by atoms with E-state index in [1.54, 1.807) is 19.0 Å². The number of nitrogens with one attached hydrogen (secondary N) is 1. The molecule has 5 heteroatoms. The second kappa shape index (κ2) is 9.44. The summed E-state index contributed by atoms with van der Waals surface area (Å²) in [6, 6.07) is 10.8. The van der Waals surface area contributed by atoms with Gasteiger partial charge in [-0.2, -0.15) is 0 Å². The van der Waals surface area contributed by atoms with Gasteiger partial charge in [0.1, 0.15) is 6.54 Å². The molecular weight excluding hydrogens is 312 g/mol. The lowest BCUT2D eigenvalue weighted by atomic mass is 9.82. The minimum absolute atomic E-state index is 0.0306. The fourth-order valence-corrected chi connectivity index (χ4v) is 3.32. The van der Waals surface area contributed by atoms with E-state index in [1.807, 2.05) is 0 Å². The van der Waals surface area contributed by atoms with Crippen LogP contribution in [0.3, 0.4) is 0 Å². The van der Waals surface area contributed by atoms with Gasteiger partial charge >= 0.3 is 0 Å². The Labute approximate surface area is 152 Å². The van der Waals surface area contributed by atoms with Gasteiger partial charge in [0.15, 0.2) is 5.96 Å². The molecule has 25 heavy (non-hydrogen) atoms. The summed E-state index contributed by atoms with van der Waals surface area (Å²) in [5, 5.41) is 3.41. The fraction of sp³-hybridized carbons (Fsp3) is 0.600. The monoisotopic (exact) mass is 344 g/mol. The number of carbonyl (C=O) groups is 1. The number of likely N-dealkylation sites (tertiary alicyclic amines) is 1. The molecule has 1 fully saturated rings. The Balaban J connectivity index is 2.04. The molecule has 0 spiro atoms. The number of benzene rings is 1. The molecular formula is C20H32N4O. The Morgan fingerprint density at radius 1 is 1.32 bits per heavy atom. The number of aliphatic imine (C=N–C) groups is 1. The minimum Gasteiger partial charge on any atom is -0.356 e. The quantitative estimate of drug-likeness (QED) is 0.660. The highest BCUT2D eigenvalue weighted by Crippen LogP contribution is 2.32. The Hall–Kier alpha value is -2.04.